The lowest BCUT2D eigenvalue weighted by Gasteiger charge is -2.38. The Labute approximate surface area is 166 Å². The van der Waals surface area contributed by atoms with Crippen molar-refractivity contribution in [3.8, 4) is 0 Å². The highest BCUT2D eigenvalue weighted by Gasteiger charge is 2.34. The van der Waals surface area contributed by atoms with Crippen LogP contribution in [0.3, 0.4) is 0 Å². The average molecular weight is 415 g/mol. The van der Waals surface area contributed by atoms with Crippen LogP contribution in [0.5, 0.6) is 0 Å². The summed E-state index contributed by atoms with van der Waals surface area (Å²) in [5.41, 5.74) is 1.10. The highest BCUT2D eigenvalue weighted by atomic mass is 32.2. The summed E-state index contributed by atoms with van der Waals surface area (Å²) in [6.07, 6.45) is 2.16. The van der Waals surface area contributed by atoms with Gasteiger partial charge in [0.05, 0.1) is 22.4 Å². The summed E-state index contributed by atoms with van der Waals surface area (Å²) in [7, 11) is -3.22. The van der Waals surface area contributed by atoms with Crippen LogP contribution in [-0.2, 0) is 21.4 Å². The lowest BCUT2D eigenvalue weighted by Crippen LogP contribution is -2.52. The van der Waals surface area contributed by atoms with Crippen LogP contribution >= 0.6 is 11.3 Å². The Morgan fingerprint density at radius 1 is 1.26 bits per heavy atom. The van der Waals surface area contributed by atoms with Gasteiger partial charge in [0, 0.05) is 51.2 Å². The molecule has 0 N–H and O–H groups in total. The minimum absolute atomic E-state index is 0.121. The molecule has 1 amide bonds. The molecule has 2 aliphatic heterocycles. The molecule has 2 saturated heterocycles. The van der Waals surface area contributed by atoms with Crippen molar-refractivity contribution in [3.05, 3.63) is 16.1 Å². The number of piperazine rings is 1. The number of aryl methyl sites for hydroxylation is 1. The zero-order valence-electron chi connectivity index (χ0n) is 16.3. The zero-order valence-corrected chi connectivity index (χ0v) is 17.9. The first-order chi connectivity index (χ1) is 12.9. The standard InChI is InChI=1S/C18H30N4O3S2/c1-3-11-27(24,25)22-6-4-5-16(12-22)18(23)21-9-7-20(8-10-21)13-17-14-26-15(2)19-17/h14,16H,3-13H2,1-2H3. The zero-order chi connectivity index (χ0) is 19.4. The van der Waals surface area contributed by atoms with Crippen molar-refractivity contribution in [1.82, 2.24) is 19.1 Å². The van der Waals surface area contributed by atoms with Gasteiger partial charge in [0.25, 0.3) is 0 Å². The van der Waals surface area contributed by atoms with E-state index < -0.39 is 10.0 Å². The Kier molecular flexibility index (Phi) is 6.88. The molecule has 152 valence electrons. The average Bonchev–Trinajstić information content (AvgIpc) is 3.06. The number of sulfonamides is 1. The highest BCUT2D eigenvalue weighted by molar-refractivity contribution is 7.89. The van der Waals surface area contributed by atoms with Gasteiger partial charge < -0.3 is 4.90 Å². The fraction of sp³-hybridized carbons (Fsp3) is 0.778. The molecule has 0 saturated carbocycles. The molecule has 9 heteroatoms. The third-order valence-electron chi connectivity index (χ3n) is 5.32. The Hall–Kier alpha value is -1.03. The first-order valence-corrected chi connectivity index (χ1v) is 12.3. The molecule has 0 bridgehead atoms. The van der Waals surface area contributed by atoms with Crippen molar-refractivity contribution in [2.45, 2.75) is 39.7 Å². The summed E-state index contributed by atoms with van der Waals surface area (Å²) in [6, 6.07) is 0. The van der Waals surface area contributed by atoms with Gasteiger partial charge in [-0.1, -0.05) is 6.92 Å². The van der Waals surface area contributed by atoms with E-state index in [1.807, 2.05) is 18.7 Å². The van der Waals surface area contributed by atoms with Gasteiger partial charge in [0.2, 0.25) is 15.9 Å². The van der Waals surface area contributed by atoms with Gasteiger partial charge in [-0.2, -0.15) is 0 Å². The largest absolute Gasteiger partial charge is 0.340 e. The van der Waals surface area contributed by atoms with Crippen LogP contribution in [0.1, 0.15) is 36.9 Å². The number of nitrogens with zero attached hydrogens (tertiary/aromatic N) is 4. The molecule has 0 aromatic carbocycles. The van der Waals surface area contributed by atoms with Crippen LogP contribution in [0, 0.1) is 12.8 Å². The van der Waals surface area contributed by atoms with E-state index in [9.17, 15) is 13.2 Å². The molecule has 27 heavy (non-hydrogen) atoms. The van der Waals surface area contributed by atoms with Gasteiger partial charge in [-0.15, -0.1) is 11.3 Å². The maximum Gasteiger partial charge on any atom is 0.227 e. The maximum absolute atomic E-state index is 12.9. The monoisotopic (exact) mass is 414 g/mol. The lowest BCUT2D eigenvalue weighted by molar-refractivity contribution is -0.138. The van der Waals surface area contributed by atoms with E-state index in [0.717, 1.165) is 43.2 Å². The van der Waals surface area contributed by atoms with E-state index in [1.165, 1.54) is 4.31 Å². The van der Waals surface area contributed by atoms with E-state index >= 15 is 0 Å². The molecule has 1 aromatic heterocycles. The lowest BCUT2D eigenvalue weighted by atomic mass is 9.98. The number of hydrogen-bond donors (Lipinski definition) is 0. The second-order valence-electron chi connectivity index (χ2n) is 7.47. The number of aromatic nitrogens is 1. The van der Waals surface area contributed by atoms with Crippen molar-refractivity contribution in [1.29, 1.82) is 0 Å². The number of rotatable bonds is 6. The number of carbonyl (C=O) groups excluding carboxylic acids is 1. The molecule has 7 nitrogen and oxygen atoms in total. The summed E-state index contributed by atoms with van der Waals surface area (Å²) < 4.78 is 26.2. The van der Waals surface area contributed by atoms with Gasteiger partial charge in [0.1, 0.15) is 0 Å². The number of hydrogen-bond acceptors (Lipinski definition) is 6. The molecule has 2 fully saturated rings. The molecule has 0 spiro atoms. The minimum Gasteiger partial charge on any atom is -0.340 e. The SMILES string of the molecule is CCCS(=O)(=O)N1CCCC(C(=O)N2CCN(Cc3csc(C)n3)CC2)C1. The molecule has 1 unspecified atom stereocenters. The molecule has 1 atom stereocenters. The van der Waals surface area contributed by atoms with E-state index in [-0.39, 0.29) is 17.6 Å². The van der Waals surface area contributed by atoms with Crippen molar-refractivity contribution in [2.24, 2.45) is 5.92 Å². The smallest absolute Gasteiger partial charge is 0.227 e. The summed E-state index contributed by atoms with van der Waals surface area (Å²) in [6.45, 7) is 8.71. The van der Waals surface area contributed by atoms with Gasteiger partial charge in [0.15, 0.2) is 0 Å². The minimum atomic E-state index is -3.22. The van der Waals surface area contributed by atoms with Crippen LogP contribution < -0.4 is 0 Å². The molecule has 0 radical (unpaired) electrons. The molecule has 3 heterocycles. The number of thiazole rings is 1. The van der Waals surface area contributed by atoms with E-state index in [4.69, 9.17) is 0 Å². The van der Waals surface area contributed by atoms with E-state index in [1.54, 1.807) is 11.3 Å². The topological polar surface area (TPSA) is 73.8 Å². The van der Waals surface area contributed by atoms with Gasteiger partial charge >= 0.3 is 0 Å². The summed E-state index contributed by atoms with van der Waals surface area (Å²) in [4.78, 5) is 21.7. The Balaban J connectivity index is 1.51. The number of carbonyl (C=O) groups is 1. The number of piperidine rings is 1. The third-order valence-corrected chi connectivity index (χ3v) is 8.19. The first-order valence-electron chi connectivity index (χ1n) is 9.79. The molecule has 3 rings (SSSR count). The highest BCUT2D eigenvalue weighted by Crippen LogP contribution is 2.23. The third kappa shape index (κ3) is 5.28. The van der Waals surface area contributed by atoms with Gasteiger partial charge in [-0.05, 0) is 26.2 Å². The van der Waals surface area contributed by atoms with Crippen LogP contribution in [-0.4, -0.2) is 78.4 Å². The van der Waals surface area contributed by atoms with E-state index in [0.29, 0.717) is 32.6 Å². The fourth-order valence-corrected chi connectivity index (χ4v) is 6.07. The van der Waals surface area contributed by atoms with Crippen molar-refractivity contribution < 1.29 is 13.2 Å². The van der Waals surface area contributed by atoms with Crippen LogP contribution in [0.2, 0.25) is 0 Å². The summed E-state index contributed by atoms with van der Waals surface area (Å²) >= 11 is 1.67. The van der Waals surface area contributed by atoms with Gasteiger partial charge in [-0.25, -0.2) is 17.7 Å². The first kappa shape index (κ1) is 20.7. The molecular formula is C18H30N4O3S2. The predicted octanol–water partition coefficient (Wildman–Crippen LogP) is 1.55. The second kappa shape index (κ2) is 8.98. The Morgan fingerprint density at radius 2 is 2.00 bits per heavy atom. The van der Waals surface area contributed by atoms with Crippen LogP contribution in [0.15, 0.2) is 5.38 Å². The van der Waals surface area contributed by atoms with Crippen LogP contribution in [0.4, 0.5) is 0 Å². The summed E-state index contributed by atoms with van der Waals surface area (Å²) in [5, 5.41) is 3.18. The van der Waals surface area contributed by atoms with E-state index in [2.05, 4.69) is 15.3 Å². The van der Waals surface area contributed by atoms with Gasteiger partial charge in [-0.3, -0.25) is 9.69 Å². The summed E-state index contributed by atoms with van der Waals surface area (Å²) in [5.74, 6) is 0.0940. The Bertz CT molecular complexity index is 742. The predicted molar refractivity (Wildman–Crippen MR) is 107 cm³/mol. The molecule has 1 aromatic rings. The van der Waals surface area contributed by atoms with Crippen molar-refractivity contribution in [3.63, 3.8) is 0 Å². The molecule has 2 aliphatic rings. The van der Waals surface area contributed by atoms with Crippen LogP contribution in [0.25, 0.3) is 0 Å². The quantitative estimate of drug-likeness (QED) is 0.706. The molecule has 0 aliphatic carbocycles. The molecular weight excluding hydrogens is 384 g/mol. The van der Waals surface area contributed by atoms with Crippen molar-refractivity contribution in [2.75, 3.05) is 45.0 Å². The second-order valence-corrected chi connectivity index (χ2v) is 10.6. The normalized spacial score (nSPS) is 22.9. The number of amides is 1. The van der Waals surface area contributed by atoms with Crippen molar-refractivity contribution >= 4 is 27.3 Å². The maximum atomic E-state index is 12.9. The Morgan fingerprint density at radius 3 is 2.63 bits per heavy atom. The fourth-order valence-electron chi connectivity index (χ4n) is 3.88.